The topological polar surface area (TPSA) is 26.3 Å². The quantitative estimate of drug-likeness (QED) is 0.296. The molecule has 0 N–H and O–H groups in total. The molecule has 24 heavy (non-hydrogen) atoms. The molecule has 1 unspecified atom stereocenters. The summed E-state index contributed by atoms with van der Waals surface area (Å²) in [7, 11) is 0. The number of benzene rings is 2. The van der Waals surface area contributed by atoms with Crippen molar-refractivity contribution in [2.45, 2.75) is 33.1 Å². The number of allylic oxidation sites excluding steroid dienone is 2. The van der Waals surface area contributed by atoms with E-state index < -0.39 is 0 Å². The summed E-state index contributed by atoms with van der Waals surface area (Å²) < 4.78 is 5.29. The Balaban J connectivity index is 1.87. The standard InChI is InChI=1S/C22H24O2/c1-4-18(3)20-13-15-21(16-14-20)24-22(23)8-6-5-7-19-11-9-17(2)10-12-19/h5-16,18H,4H2,1-3H3/b7-5+,8-6+. The third-order valence-electron chi connectivity index (χ3n) is 3.99. The maximum absolute atomic E-state index is 11.8. The first-order valence-corrected chi connectivity index (χ1v) is 8.31. The largest absolute Gasteiger partial charge is 0.423 e. The Kier molecular flexibility index (Phi) is 6.56. The van der Waals surface area contributed by atoms with Gasteiger partial charge in [0.1, 0.15) is 5.75 Å². The van der Waals surface area contributed by atoms with Crippen molar-refractivity contribution in [3.05, 3.63) is 83.4 Å². The highest BCUT2D eigenvalue weighted by atomic mass is 16.5. The summed E-state index contributed by atoms with van der Waals surface area (Å²) in [6, 6.07) is 15.9. The molecule has 0 radical (unpaired) electrons. The van der Waals surface area contributed by atoms with Crippen LogP contribution in [-0.2, 0) is 4.79 Å². The lowest BCUT2D eigenvalue weighted by Gasteiger charge is -2.09. The number of carbonyl (C=O) groups excluding carboxylic acids is 1. The molecule has 2 aromatic carbocycles. The van der Waals surface area contributed by atoms with E-state index in [2.05, 4.69) is 32.9 Å². The molecule has 2 heteroatoms. The Bertz CT molecular complexity index is 707. The second-order valence-corrected chi connectivity index (χ2v) is 5.93. The molecule has 1 atom stereocenters. The molecule has 2 rings (SSSR count). The Labute approximate surface area is 144 Å². The second-order valence-electron chi connectivity index (χ2n) is 5.93. The van der Waals surface area contributed by atoms with E-state index in [1.165, 1.54) is 17.2 Å². The molecule has 0 spiro atoms. The minimum Gasteiger partial charge on any atom is -0.423 e. The Hall–Kier alpha value is -2.61. The predicted molar refractivity (Wildman–Crippen MR) is 100 cm³/mol. The lowest BCUT2D eigenvalue weighted by atomic mass is 9.99. The van der Waals surface area contributed by atoms with Crippen LogP contribution in [0.1, 0.15) is 42.9 Å². The molecule has 0 saturated heterocycles. The van der Waals surface area contributed by atoms with Crippen molar-refractivity contribution in [3.8, 4) is 5.75 Å². The molecule has 2 aromatic rings. The van der Waals surface area contributed by atoms with Crippen LogP contribution in [0, 0.1) is 6.92 Å². The fourth-order valence-corrected chi connectivity index (χ4v) is 2.23. The highest BCUT2D eigenvalue weighted by molar-refractivity contribution is 5.84. The first kappa shape index (κ1) is 17.7. The van der Waals surface area contributed by atoms with E-state index in [0.29, 0.717) is 11.7 Å². The lowest BCUT2D eigenvalue weighted by molar-refractivity contribution is -0.128. The zero-order chi connectivity index (χ0) is 17.4. The molecule has 0 aliphatic carbocycles. The Morgan fingerprint density at radius 2 is 1.71 bits per heavy atom. The summed E-state index contributed by atoms with van der Waals surface area (Å²) in [5.74, 6) is 0.709. The summed E-state index contributed by atoms with van der Waals surface area (Å²) in [6.07, 6.45) is 7.99. The van der Waals surface area contributed by atoms with E-state index in [-0.39, 0.29) is 5.97 Å². The van der Waals surface area contributed by atoms with E-state index in [1.54, 1.807) is 6.08 Å². The maximum atomic E-state index is 11.8. The van der Waals surface area contributed by atoms with Gasteiger partial charge in [0.15, 0.2) is 0 Å². The number of aryl methyl sites for hydroxylation is 1. The van der Waals surface area contributed by atoms with E-state index in [0.717, 1.165) is 12.0 Å². The third-order valence-corrected chi connectivity index (χ3v) is 3.99. The normalized spacial score (nSPS) is 12.6. The van der Waals surface area contributed by atoms with Gasteiger partial charge in [-0.1, -0.05) is 74.0 Å². The molecule has 0 aliphatic heterocycles. The van der Waals surface area contributed by atoms with Crippen molar-refractivity contribution in [3.63, 3.8) is 0 Å². The van der Waals surface area contributed by atoms with Crippen molar-refractivity contribution >= 4 is 12.0 Å². The van der Waals surface area contributed by atoms with E-state index in [4.69, 9.17) is 4.74 Å². The third kappa shape index (κ3) is 5.54. The summed E-state index contributed by atoms with van der Waals surface area (Å²) in [4.78, 5) is 11.8. The SMILES string of the molecule is CCC(C)c1ccc(OC(=O)/C=C/C=C/c2ccc(C)cc2)cc1. The van der Waals surface area contributed by atoms with Crippen LogP contribution in [-0.4, -0.2) is 5.97 Å². The molecule has 0 heterocycles. The van der Waals surface area contributed by atoms with Crippen LogP contribution >= 0.6 is 0 Å². The zero-order valence-electron chi connectivity index (χ0n) is 14.5. The first-order valence-electron chi connectivity index (χ1n) is 8.31. The van der Waals surface area contributed by atoms with Crippen molar-refractivity contribution in [2.24, 2.45) is 0 Å². The van der Waals surface area contributed by atoms with E-state index in [9.17, 15) is 4.79 Å². The summed E-state index contributed by atoms with van der Waals surface area (Å²) >= 11 is 0. The fourth-order valence-electron chi connectivity index (χ4n) is 2.23. The average molecular weight is 320 g/mol. The van der Waals surface area contributed by atoms with Crippen molar-refractivity contribution in [1.82, 2.24) is 0 Å². The maximum Gasteiger partial charge on any atom is 0.336 e. The zero-order valence-corrected chi connectivity index (χ0v) is 14.5. The number of carbonyl (C=O) groups is 1. The van der Waals surface area contributed by atoms with Crippen LogP contribution in [0.25, 0.3) is 6.08 Å². The number of esters is 1. The molecular weight excluding hydrogens is 296 g/mol. The minimum atomic E-state index is -0.375. The van der Waals surface area contributed by atoms with Gasteiger partial charge in [0.05, 0.1) is 0 Å². The van der Waals surface area contributed by atoms with E-state index >= 15 is 0 Å². The van der Waals surface area contributed by atoms with Gasteiger partial charge in [-0.3, -0.25) is 0 Å². The second kappa shape index (κ2) is 8.88. The van der Waals surface area contributed by atoms with Crippen molar-refractivity contribution in [1.29, 1.82) is 0 Å². The van der Waals surface area contributed by atoms with Crippen LogP contribution in [0.3, 0.4) is 0 Å². The Morgan fingerprint density at radius 1 is 1.04 bits per heavy atom. The van der Waals surface area contributed by atoms with Crippen molar-refractivity contribution < 1.29 is 9.53 Å². The fraction of sp³-hybridized carbons (Fsp3) is 0.227. The molecule has 0 amide bonds. The van der Waals surface area contributed by atoms with Gasteiger partial charge in [-0.2, -0.15) is 0 Å². The van der Waals surface area contributed by atoms with Gasteiger partial charge in [0, 0.05) is 6.08 Å². The molecule has 0 bridgehead atoms. The molecular formula is C22H24O2. The number of hydrogen-bond acceptors (Lipinski definition) is 2. The minimum absolute atomic E-state index is 0.375. The van der Waals surface area contributed by atoms with Crippen LogP contribution in [0.2, 0.25) is 0 Å². The van der Waals surface area contributed by atoms with Crippen molar-refractivity contribution in [2.75, 3.05) is 0 Å². The smallest absolute Gasteiger partial charge is 0.336 e. The van der Waals surface area contributed by atoms with Gasteiger partial charge in [0.25, 0.3) is 0 Å². The Morgan fingerprint density at radius 3 is 2.33 bits per heavy atom. The lowest BCUT2D eigenvalue weighted by Crippen LogP contribution is -2.03. The van der Waals surface area contributed by atoms with E-state index in [1.807, 2.05) is 48.6 Å². The number of hydrogen-bond donors (Lipinski definition) is 0. The van der Waals surface area contributed by atoms with Gasteiger partial charge >= 0.3 is 5.97 Å². The van der Waals surface area contributed by atoms with Gasteiger partial charge in [-0.25, -0.2) is 4.79 Å². The first-order chi connectivity index (χ1) is 11.6. The van der Waals surface area contributed by atoms with Crippen LogP contribution < -0.4 is 4.74 Å². The summed E-state index contributed by atoms with van der Waals surface area (Å²) in [5, 5.41) is 0. The molecule has 124 valence electrons. The summed E-state index contributed by atoms with van der Waals surface area (Å²) in [6.45, 7) is 6.40. The van der Waals surface area contributed by atoms with Gasteiger partial charge in [0.2, 0.25) is 0 Å². The molecule has 0 aromatic heterocycles. The van der Waals surface area contributed by atoms with Crippen LogP contribution in [0.15, 0.2) is 66.8 Å². The molecule has 0 fully saturated rings. The molecule has 2 nitrogen and oxygen atoms in total. The predicted octanol–water partition coefficient (Wildman–Crippen LogP) is 5.68. The van der Waals surface area contributed by atoms with Gasteiger partial charge < -0.3 is 4.74 Å². The molecule has 0 aliphatic rings. The summed E-state index contributed by atoms with van der Waals surface area (Å²) in [5.41, 5.74) is 3.58. The monoisotopic (exact) mass is 320 g/mol. The van der Waals surface area contributed by atoms with Gasteiger partial charge in [-0.05, 0) is 42.5 Å². The van der Waals surface area contributed by atoms with Crippen LogP contribution in [0.4, 0.5) is 0 Å². The highest BCUT2D eigenvalue weighted by Crippen LogP contribution is 2.21. The highest BCUT2D eigenvalue weighted by Gasteiger charge is 2.04. The average Bonchev–Trinajstić information content (AvgIpc) is 2.60. The van der Waals surface area contributed by atoms with Gasteiger partial charge in [-0.15, -0.1) is 0 Å². The molecule has 0 saturated carbocycles. The van der Waals surface area contributed by atoms with Crippen LogP contribution in [0.5, 0.6) is 5.75 Å². The number of rotatable bonds is 6. The number of ether oxygens (including phenoxy) is 1.